The molecule has 1 aromatic heterocycles. The lowest BCUT2D eigenvalue weighted by Gasteiger charge is -2.26. The second-order valence-corrected chi connectivity index (χ2v) is 5.63. The van der Waals surface area contributed by atoms with Crippen LogP contribution in [0.4, 0.5) is 0 Å². The molecule has 0 aliphatic carbocycles. The van der Waals surface area contributed by atoms with E-state index in [2.05, 4.69) is 17.2 Å². The summed E-state index contributed by atoms with van der Waals surface area (Å²) in [7, 11) is 1.64. The molecule has 1 aliphatic rings. The topological polar surface area (TPSA) is 60.1 Å². The van der Waals surface area contributed by atoms with Crippen molar-refractivity contribution in [1.29, 1.82) is 0 Å². The van der Waals surface area contributed by atoms with Crippen LogP contribution >= 0.6 is 0 Å². The van der Waals surface area contributed by atoms with E-state index in [1.807, 2.05) is 18.2 Å². The number of rotatable bonds is 4. The summed E-state index contributed by atoms with van der Waals surface area (Å²) >= 11 is 0. The monoisotopic (exact) mass is 300 g/mol. The normalized spacial score (nSPS) is 14.0. The lowest BCUT2D eigenvalue weighted by atomic mass is 10.1. The summed E-state index contributed by atoms with van der Waals surface area (Å²) in [5.74, 6) is 0.815. The third kappa shape index (κ3) is 2.95. The van der Waals surface area contributed by atoms with Gasteiger partial charge in [-0.05, 0) is 18.4 Å². The number of hydrogen-bond donors (Lipinski definition) is 0. The zero-order chi connectivity index (χ0) is 15.5. The second kappa shape index (κ2) is 6.17. The smallest absolute Gasteiger partial charge is 0.333 e. The molecular formula is C16H20N4O2. The Morgan fingerprint density at radius 1 is 1.23 bits per heavy atom. The van der Waals surface area contributed by atoms with Crippen molar-refractivity contribution in [3.63, 3.8) is 0 Å². The molecule has 2 heterocycles. The Bertz CT molecular complexity index is 717. The van der Waals surface area contributed by atoms with Gasteiger partial charge in [-0.3, -0.25) is 9.36 Å². The van der Waals surface area contributed by atoms with E-state index in [0.29, 0.717) is 31.9 Å². The van der Waals surface area contributed by atoms with E-state index >= 15 is 0 Å². The van der Waals surface area contributed by atoms with Crippen LogP contribution in [0, 0.1) is 0 Å². The van der Waals surface area contributed by atoms with Crippen LogP contribution in [-0.2, 0) is 31.4 Å². The Balaban J connectivity index is 1.54. The van der Waals surface area contributed by atoms with E-state index in [1.54, 1.807) is 16.5 Å². The highest BCUT2D eigenvalue weighted by Crippen LogP contribution is 2.11. The molecule has 0 spiro atoms. The van der Waals surface area contributed by atoms with Crippen molar-refractivity contribution in [1.82, 2.24) is 19.2 Å². The van der Waals surface area contributed by atoms with Crippen molar-refractivity contribution in [2.45, 2.75) is 32.4 Å². The summed E-state index contributed by atoms with van der Waals surface area (Å²) in [5.41, 5.74) is 1.15. The third-order valence-corrected chi connectivity index (χ3v) is 4.06. The summed E-state index contributed by atoms with van der Waals surface area (Å²) in [4.78, 5) is 25.9. The second-order valence-electron chi connectivity index (χ2n) is 5.63. The molecule has 0 fully saturated rings. The van der Waals surface area contributed by atoms with Gasteiger partial charge in [-0.2, -0.15) is 5.10 Å². The fourth-order valence-corrected chi connectivity index (χ4v) is 2.83. The van der Waals surface area contributed by atoms with E-state index in [1.165, 1.54) is 10.2 Å². The number of hydrogen-bond acceptors (Lipinski definition) is 3. The number of benzene rings is 1. The first-order valence-electron chi connectivity index (χ1n) is 7.59. The van der Waals surface area contributed by atoms with Gasteiger partial charge < -0.3 is 4.90 Å². The molecule has 0 atom stereocenters. The standard InChI is InChI=1S/C16H20N4O2/c1-18-16(22)20-11-10-19(12-14(20)17-18)15(21)9-5-8-13-6-3-2-4-7-13/h2-4,6-7H,5,8-12H2,1H3. The van der Waals surface area contributed by atoms with Gasteiger partial charge in [0.1, 0.15) is 0 Å². The predicted molar refractivity (Wildman–Crippen MR) is 82.3 cm³/mol. The van der Waals surface area contributed by atoms with E-state index in [-0.39, 0.29) is 11.6 Å². The van der Waals surface area contributed by atoms with Gasteiger partial charge in [-0.15, -0.1) is 0 Å². The molecule has 0 N–H and O–H groups in total. The maximum absolute atomic E-state index is 12.3. The van der Waals surface area contributed by atoms with Gasteiger partial charge in [0, 0.05) is 26.6 Å². The van der Waals surface area contributed by atoms with Gasteiger partial charge >= 0.3 is 5.69 Å². The van der Waals surface area contributed by atoms with Gasteiger partial charge in [0.25, 0.3) is 0 Å². The van der Waals surface area contributed by atoms with Crippen LogP contribution < -0.4 is 5.69 Å². The molecule has 0 saturated heterocycles. The average molecular weight is 300 g/mol. The van der Waals surface area contributed by atoms with Crippen molar-refractivity contribution in [3.05, 3.63) is 52.2 Å². The van der Waals surface area contributed by atoms with Crippen molar-refractivity contribution < 1.29 is 4.79 Å². The van der Waals surface area contributed by atoms with Crippen LogP contribution in [0.15, 0.2) is 35.1 Å². The van der Waals surface area contributed by atoms with Crippen LogP contribution in [0.1, 0.15) is 24.2 Å². The molecule has 6 heteroatoms. The first-order chi connectivity index (χ1) is 10.6. The van der Waals surface area contributed by atoms with Gasteiger partial charge in [0.05, 0.1) is 6.54 Å². The predicted octanol–water partition coefficient (Wildman–Crippen LogP) is 0.947. The number of amides is 1. The highest BCUT2D eigenvalue weighted by atomic mass is 16.2. The molecule has 0 saturated carbocycles. The molecular weight excluding hydrogens is 280 g/mol. The van der Waals surface area contributed by atoms with Gasteiger partial charge in [-0.25, -0.2) is 9.48 Å². The summed E-state index contributed by atoms with van der Waals surface area (Å²) in [5, 5.41) is 4.18. The Morgan fingerprint density at radius 3 is 2.77 bits per heavy atom. The van der Waals surface area contributed by atoms with Crippen LogP contribution in [-0.4, -0.2) is 31.7 Å². The van der Waals surface area contributed by atoms with Gasteiger partial charge in [-0.1, -0.05) is 30.3 Å². The minimum absolute atomic E-state index is 0.105. The minimum atomic E-state index is -0.105. The van der Waals surface area contributed by atoms with Gasteiger partial charge in [0.2, 0.25) is 5.91 Å². The quantitative estimate of drug-likeness (QED) is 0.844. The first-order valence-corrected chi connectivity index (χ1v) is 7.59. The summed E-state index contributed by atoms with van der Waals surface area (Å²) in [6.07, 6.45) is 2.29. The van der Waals surface area contributed by atoms with Crippen LogP contribution in [0.3, 0.4) is 0 Å². The number of carbonyl (C=O) groups excluding carboxylic acids is 1. The summed E-state index contributed by atoms with van der Waals surface area (Å²) in [6.45, 7) is 1.55. The molecule has 0 radical (unpaired) electrons. The Labute approximate surface area is 129 Å². The average Bonchev–Trinajstić information content (AvgIpc) is 2.82. The highest BCUT2D eigenvalue weighted by molar-refractivity contribution is 5.76. The largest absolute Gasteiger partial charge is 0.345 e. The molecule has 1 aliphatic heterocycles. The minimum Gasteiger partial charge on any atom is -0.333 e. The first kappa shape index (κ1) is 14.6. The maximum atomic E-state index is 12.3. The molecule has 22 heavy (non-hydrogen) atoms. The molecule has 2 aromatic rings. The van der Waals surface area contributed by atoms with Crippen LogP contribution in [0.2, 0.25) is 0 Å². The van der Waals surface area contributed by atoms with Crippen LogP contribution in [0.25, 0.3) is 0 Å². The molecule has 0 bridgehead atoms. The number of nitrogens with zero attached hydrogens (tertiary/aromatic N) is 4. The molecule has 6 nitrogen and oxygen atoms in total. The summed E-state index contributed by atoms with van der Waals surface area (Å²) in [6, 6.07) is 10.2. The molecule has 1 aromatic carbocycles. The van der Waals surface area contributed by atoms with Crippen molar-refractivity contribution in [3.8, 4) is 0 Å². The van der Waals surface area contributed by atoms with E-state index in [0.717, 1.165) is 12.8 Å². The molecule has 116 valence electrons. The van der Waals surface area contributed by atoms with Gasteiger partial charge in [0.15, 0.2) is 5.82 Å². The van der Waals surface area contributed by atoms with Crippen LogP contribution in [0.5, 0.6) is 0 Å². The van der Waals surface area contributed by atoms with Crippen molar-refractivity contribution >= 4 is 5.91 Å². The maximum Gasteiger partial charge on any atom is 0.345 e. The number of fused-ring (bicyclic) bond motifs is 1. The number of aryl methyl sites for hydroxylation is 2. The molecule has 0 unspecified atom stereocenters. The van der Waals surface area contributed by atoms with Crippen molar-refractivity contribution in [2.24, 2.45) is 7.05 Å². The zero-order valence-electron chi connectivity index (χ0n) is 12.7. The highest BCUT2D eigenvalue weighted by Gasteiger charge is 2.23. The van der Waals surface area contributed by atoms with Crippen molar-refractivity contribution in [2.75, 3.05) is 6.54 Å². The number of aromatic nitrogens is 3. The molecule has 3 rings (SSSR count). The number of carbonyl (C=O) groups is 1. The fourth-order valence-electron chi connectivity index (χ4n) is 2.83. The SMILES string of the molecule is Cn1nc2n(c1=O)CCN(C(=O)CCCc1ccccc1)C2. The van der Waals surface area contributed by atoms with E-state index in [4.69, 9.17) is 0 Å². The Hall–Kier alpha value is -2.37. The lowest BCUT2D eigenvalue weighted by molar-refractivity contribution is -0.132. The lowest BCUT2D eigenvalue weighted by Crippen LogP contribution is -2.40. The van der Waals surface area contributed by atoms with E-state index in [9.17, 15) is 9.59 Å². The third-order valence-electron chi connectivity index (χ3n) is 4.06. The molecule has 1 amide bonds. The summed E-state index contributed by atoms with van der Waals surface area (Å²) < 4.78 is 2.98. The Kier molecular flexibility index (Phi) is 4.09. The Morgan fingerprint density at radius 2 is 2.00 bits per heavy atom. The van der Waals surface area contributed by atoms with E-state index < -0.39 is 0 Å². The fraction of sp³-hybridized carbons (Fsp3) is 0.438. The zero-order valence-corrected chi connectivity index (χ0v) is 12.7.